The highest BCUT2D eigenvalue weighted by Gasteiger charge is 2.17. The van der Waals surface area contributed by atoms with E-state index in [0.717, 1.165) is 55.7 Å². The summed E-state index contributed by atoms with van der Waals surface area (Å²) >= 11 is 5.80. The number of nitrogens with zero attached hydrogens (tertiary/aromatic N) is 3. The van der Waals surface area contributed by atoms with Crippen LogP contribution in [-0.2, 0) is 6.54 Å². The first kappa shape index (κ1) is 21.8. The van der Waals surface area contributed by atoms with Crippen LogP contribution in [0, 0.1) is 13.8 Å². The molecule has 1 N–H and O–H groups in total. The number of likely N-dealkylation sites (N-methyl/N-ethyl adjacent to an activating group) is 1. The van der Waals surface area contributed by atoms with E-state index in [1.807, 2.05) is 12.1 Å². The lowest BCUT2D eigenvalue weighted by molar-refractivity contribution is 0.134. The Labute approximate surface area is 180 Å². The minimum atomic E-state index is 0.688. The molecule has 2 heterocycles. The van der Waals surface area contributed by atoms with Crippen LogP contribution in [0.2, 0.25) is 0 Å². The van der Waals surface area contributed by atoms with Crippen LogP contribution < -0.4 is 5.32 Å². The molecule has 6 heteroatoms. The third-order valence-electron chi connectivity index (χ3n) is 5.74. The molecule has 0 amide bonds. The SMILES string of the molecule is CCN1CCN(CCCN(Cc2ccco2)C(=S)Nc2c(C)cccc2C)CC1. The molecule has 1 aliphatic rings. The van der Waals surface area contributed by atoms with Crippen molar-refractivity contribution in [2.24, 2.45) is 0 Å². The highest BCUT2D eigenvalue weighted by atomic mass is 32.1. The quantitative estimate of drug-likeness (QED) is 0.655. The van der Waals surface area contributed by atoms with Crippen LogP contribution in [0.25, 0.3) is 0 Å². The Hall–Kier alpha value is -1.89. The predicted octanol–water partition coefficient (Wildman–Crippen LogP) is 4.12. The van der Waals surface area contributed by atoms with Crippen molar-refractivity contribution in [2.75, 3.05) is 51.1 Å². The third-order valence-corrected chi connectivity index (χ3v) is 6.10. The fourth-order valence-electron chi connectivity index (χ4n) is 3.85. The van der Waals surface area contributed by atoms with Crippen molar-refractivity contribution < 1.29 is 4.42 Å². The molecule has 158 valence electrons. The zero-order valence-electron chi connectivity index (χ0n) is 18.0. The van der Waals surface area contributed by atoms with Crippen LogP contribution in [0.5, 0.6) is 0 Å². The summed E-state index contributed by atoms with van der Waals surface area (Å²) in [6, 6.07) is 10.3. The van der Waals surface area contributed by atoms with Crippen molar-refractivity contribution >= 4 is 23.0 Å². The van der Waals surface area contributed by atoms with Crippen molar-refractivity contribution in [3.05, 3.63) is 53.5 Å². The highest BCUT2D eigenvalue weighted by Crippen LogP contribution is 2.20. The molecular weight excluding hydrogens is 380 g/mol. The molecule has 0 saturated carbocycles. The van der Waals surface area contributed by atoms with Crippen molar-refractivity contribution in [3.63, 3.8) is 0 Å². The van der Waals surface area contributed by atoms with Gasteiger partial charge in [0.2, 0.25) is 0 Å². The standard InChI is InChI=1S/C23H34N4OS/c1-4-25-13-15-26(16-14-25)11-7-12-27(18-21-10-6-17-28-21)23(29)24-22-19(2)8-5-9-20(22)3/h5-6,8-10,17H,4,7,11-16,18H2,1-3H3,(H,24,29). The maximum atomic E-state index is 5.80. The number of para-hydroxylation sites is 1. The Bertz CT molecular complexity index is 749. The molecule has 0 unspecified atom stereocenters. The summed E-state index contributed by atoms with van der Waals surface area (Å²) in [7, 11) is 0. The maximum absolute atomic E-state index is 5.80. The van der Waals surface area contributed by atoms with Gasteiger partial charge in [-0.1, -0.05) is 25.1 Å². The van der Waals surface area contributed by atoms with Crippen molar-refractivity contribution in [1.82, 2.24) is 14.7 Å². The van der Waals surface area contributed by atoms with E-state index in [4.69, 9.17) is 16.6 Å². The third kappa shape index (κ3) is 6.29. The number of aryl methyl sites for hydroxylation is 2. The van der Waals surface area contributed by atoms with Gasteiger partial charge in [0.05, 0.1) is 12.8 Å². The largest absolute Gasteiger partial charge is 0.467 e. The Kier molecular flexibility index (Phi) is 8.09. The number of benzene rings is 1. The molecule has 3 rings (SSSR count). The summed E-state index contributed by atoms with van der Waals surface area (Å²) in [4.78, 5) is 7.31. The van der Waals surface area contributed by atoms with E-state index in [1.54, 1.807) is 6.26 Å². The number of piperazine rings is 1. The molecule has 0 radical (unpaired) electrons. The van der Waals surface area contributed by atoms with Gasteiger partial charge in [0.1, 0.15) is 5.76 Å². The minimum Gasteiger partial charge on any atom is -0.467 e. The summed E-state index contributed by atoms with van der Waals surface area (Å²) < 4.78 is 5.59. The van der Waals surface area contributed by atoms with Gasteiger partial charge in [-0.15, -0.1) is 0 Å². The molecular formula is C23H34N4OS. The molecule has 0 spiro atoms. The lowest BCUT2D eigenvalue weighted by atomic mass is 10.1. The first-order valence-electron chi connectivity index (χ1n) is 10.7. The normalized spacial score (nSPS) is 15.4. The van der Waals surface area contributed by atoms with Crippen LogP contribution in [0.3, 0.4) is 0 Å². The van der Waals surface area contributed by atoms with E-state index < -0.39 is 0 Å². The van der Waals surface area contributed by atoms with E-state index >= 15 is 0 Å². The van der Waals surface area contributed by atoms with Gasteiger partial charge in [-0.05, 0) is 68.8 Å². The second-order valence-electron chi connectivity index (χ2n) is 7.83. The highest BCUT2D eigenvalue weighted by molar-refractivity contribution is 7.80. The number of rotatable bonds is 8. The molecule has 0 atom stereocenters. The lowest BCUT2D eigenvalue weighted by Crippen LogP contribution is -2.46. The smallest absolute Gasteiger partial charge is 0.173 e. The number of nitrogens with one attached hydrogen (secondary N) is 1. The van der Waals surface area contributed by atoms with E-state index in [0.29, 0.717) is 6.54 Å². The molecule has 0 aliphatic carbocycles. The van der Waals surface area contributed by atoms with Gasteiger partial charge in [0.15, 0.2) is 5.11 Å². The van der Waals surface area contributed by atoms with Crippen molar-refractivity contribution in [3.8, 4) is 0 Å². The maximum Gasteiger partial charge on any atom is 0.173 e. The fourth-order valence-corrected chi connectivity index (χ4v) is 4.11. The monoisotopic (exact) mass is 414 g/mol. The van der Waals surface area contributed by atoms with Gasteiger partial charge in [0.25, 0.3) is 0 Å². The summed E-state index contributed by atoms with van der Waals surface area (Å²) in [5.41, 5.74) is 3.52. The van der Waals surface area contributed by atoms with Gasteiger partial charge >= 0.3 is 0 Å². The second kappa shape index (κ2) is 10.8. The minimum absolute atomic E-state index is 0.688. The Morgan fingerprint density at radius 2 is 1.76 bits per heavy atom. The van der Waals surface area contributed by atoms with E-state index in [-0.39, 0.29) is 0 Å². The average molecular weight is 415 g/mol. The number of hydrogen-bond acceptors (Lipinski definition) is 4. The topological polar surface area (TPSA) is 34.9 Å². The summed E-state index contributed by atoms with van der Waals surface area (Å²) in [6.07, 6.45) is 2.81. The van der Waals surface area contributed by atoms with E-state index in [9.17, 15) is 0 Å². The average Bonchev–Trinajstić information content (AvgIpc) is 3.23. The van der Waals surface area contributed by atoms with Gasteiger partial charge in [-0.3, -0.25) is 0 Å². The second-order valence-corrected chi connectivity index (χ2v) is 8.21. The first-order valence-corrected chi connectivity index (χ1v) is 11.1. The van der Waals surface area contributed by atoms with E-state index in [1.165, 1.54) is 24.2 Å². The number of anilines is 1. The number of furan rings is 1. The zero-order valence-corrected chi connectivity index (χ0v) is 18.8. The summed E-state index contributed by atoms with van der Waals surface area (Å²) in [5.74, 6) is 0.937. The Balaban J connectivity index is 1.58. The molecule has 1 fully saturated rings. The van der Waals surface area contributed by atoms with Crippen LogP contribution >= 0.6 is 12.2 Å². The van der Waals surface area contributed by atoms with Crippen molar-refractivity contribution in [2.45, 2.75) is 33.7 Å². The molecule has 1 aromatic carbocycles. The first-order chi connectivity index (χ1) is 14.1. The van der Waals surface area contributed by atoms with Gasteiger partial charge in [-0.2, -0.15) is 0 Å². The van der Waals surface area contributed by atoms with Crippen molar-refractivity contribution in [1.29, 1.82) is 0 Å². The van der Waals surface area contributed by atoms with Gasteiger partial charge in [-0.25, -0.2) is 0 Å². The van der Waals surface area contributed by atoms with Crippen LogP contribution in [0.1, 0.15) is 30.2 Å². The van der Waals surface area contributed by atoms with Crippen LogP contribution in [0.4, 0.5) is 5.69 Å². The Morgan fingerprint density at radius 3 is 2.38 bits per heavy atom. The molecule has 2 aromatic rings. The summed E-state index contributed by atoms with van der Waals surface area (Å²) in [5, 5.41) is 4.25. The van der Waals surface area contributed by atoms with Gasteiger partial charge in [0, 0.05) is 38.4 Å². The molecule has 1 aliphatic heterocycles. The molecule has 1 aromatic heterocycles. The number of hydrogen-bond donors (Lipinski definition) is 1. The lowest BCUT2D eigenvalue weighted by Gasteiger charge is -2.34. The van der Waals surface area contributed by atoms with Crippen LogP contribution in [-0.4, -0.2) is 65.6 Å². The zero-order chi connectivity index (χ0) is 20.6. The predicted molar refractivity (Wildman–Crippen MR) is 124 cm³/mol. The molecule has 0 bridgehead atoms. The molecule has 5 nitrogen and oxygen atoms in total. The number of thiocarbonyl (C=S) groups is 1. The van der Waals surface area contributed by atoms with E-state index in [2.05, 4.69) is 59.0 Å². The molecule has 1 saturated heterocycles. The fraction of sp³-hybridized carbons (Fsp3) is 0.522. The van der Waals surface area contributed by atoms with Crippen LogP contribution in [0.15, 0.2) is 41.0 Å². The summed E-state index contributed by atoms with van der Waals surface area (Å²) in [6.45, 7) is 15.0. The van der Waals surface area contributed by atoms with Gasteiger partial charge < -0.3 is 24.4 Å². The Morgan fingerprint density at radius 1 is 1.07 bits per heavy atom. The molecule has 29 heavy (non-hydrogen) atoms.